The summed E-state index contributed by atoms with van der Waals surface area (Å²) < 4.78 is 12.0. The van der Waals surface area contributed by atoms with Gasteiger partial charge in [-0.15, -0.1) is 0 Å². The third-order valence-corrected chi connectivity index (χ3v) is 16.4. The molecule has 2 fully saturated rings. The number of nitrogens with zero attached hydrogens (tertiary/aromatic N) is 14. The zero-order chi connectivity index (χ0) is 55.1. The zero-order valence-corrected chi connectivity index (χ0v) is 47.1. The van der Waals surface area contributed by atoms with Gasteiger partial charge in [-0.1, -0.05) is 0 Å². The van der Waals surface area contributed by atoms with Crippen LogP contribution in [0.2, 0.25) is 0 Å². The Bertz CT molecular complexity index is 3580. The number of benzene rings is 4. The second kappa shape index (κ2) is 25.3. The third kappa shape index (κ3) is 12.9. The SMILES string of the molecule is O=CCCc1nc2cc3c(cc2[n+]([O-])n1)CCC3.[O-][n+]1nc(CCCN2CCOCC2)[n+]([O-])c2cc3c(cc21)CCC3.[O-][n+]1nc(CCCN2CCOCC2)nc2cc3c(cc21)CCC3.[O-][n+]1nc(I)nc2cc3c(cc21)CCC3. The van der Waals surface area contributed by atoms with E-state index in [9.17, 15) is 30.8 Å². The van der Waals surface area contributed by atoms with Crippen LogP contribution >= 0.6 is 22.6 Å². The number of aldehydes is 1. The van der Waals surface area contributed by atoms with Gasteiger partial charge in [0.2, 0.25) is 10.6 Å². The summed E-state index contributed by atoms with van der Waals surface area (Å²) in [4.78, 5) is 31.0. The maximum absolute atomic E-state index is 12.6. The maximum Gasteiger partial charge on any atom is 0.377 e. The van der Waals surface area contributed by atoms with Crippen molar-refractivity contribution < 1.29 is 38.4 Å². The number of morpholine rings is 2. The van der Waals surface area contributed by atoms with Gasteiger partial charge in [0, 0.05) is 108 Å². The van der Waals surface area contributed by atoms with Crippen LogP contribution in [-0.4, -0.2) is 117 Å². The number of carbonyl (C=O) groups is 1. The second-order valence-corrected chi connectivity index (χ2v) is 22.3. The number of hydrogen-bond acceptors (Lipinski definition) is 17. The molecule has 4 aromatic heterocycles. The summed E-state index contributed by atoms with van der Waals surface area (Å²) in [5, 5.41) is 76.2. The minimum Gasteiger partial charge on any atom is -0.710 e. The summed E-state index contributed by atoms with van der Waals surface area (Å²) >= 11 is 1.96. The van der Waals surface area contributed by atoms with Gasteiger partial charge < -0.3 is 40.3 Å². The molecular formula is C57H65IN14O8. The highest BCUT2D eigenvalue weighted by atomic mass is 127. The standard InChI is InChI=1S/C17H22N4O3.C17H22N4O2.C13H13N3O2.C10H8IN3O/c22-20-15-11-13-3-1-4-14(13)12-16(15)21(23)18-17(20)5-2-6-19-7-9-24-10-8-19;22-21-16-12-14-4-1-3-13(14)11-15(16)18-17(19-21)5-2-6-20-7-9-23-10-8-20;17-6-2-5-13-14-11-7-9-3-1-4-10(9)8-12(11)16(18)15-13;11-10-12-8-4-6-2-1-3-7(6)5-9(8)14(15)13-10/h11-12H,1-10H2;11-12H,1-10H2;6-8H,1-5H2;4-5H,1-3H2. The van der Waals surface area contributed by atoms with Crippen LogP contribution in [-0.2, 0) is 84.9 Å². The summed E-state index contributed by atoms with van der Waals surface area (Å²) in [7, 11) is 0. The van der Waals surface area contributed by atoms with Gasteiger partial charge in [0.25, 0.3) is 20.4 Å². The Hall–Kier alpha value is -6.80. The molecule has 14 rings (SSSR count). The predicted octanol–water partition coefficient (Wildman–Crippen LogP) is 3.51. The first-order chi connectivity index (χ1) is 39.0. The van der Waals surface area contributed by atoms with E-state index < -0.39 is 0 Å². The molecule has 4 aliphatic carbocycles. The Morgan fingerprint density at radius 2 is 0.838 bits per heavy atom. The number of aryl methyl sites for hydroxylation is 11. The van der Waals surface area contributed by atoms with Crippen molar-refractivity contribution >= 4 is 73.0 Å². The van der Waals surface area contributed by atoms with E-state index >= 15 is 0 Å². The van der Waals surface area contributed by atoms with E-state index in [2.05, 4.69) is 51.2 Å². The number of fused-ring (bicyclic) bond motifs is 8. The monoisotopic (exact) mass is 1200 g/mol. The molecule has 80 heavy (non-hydrogen) atoms. The molecule has 6 aliphatic rings. The average Bonchev–Trinajstić information content (AvgIpc) is 4.41. The van der Waals surface area contributed by atoms with Gasteiger partial charge in [0.05, 0.1) is 37.7 Å². The molecule has 0 N–H and O–H groups in total. The third-order valence-electron chi connectivity index (χ3n) is 16.0. The molecule has 0 bridgehead atoms. The van der Waals surface area contributed by atoms with Crippen molar-refractivity contribution in [2.75, 3.05) is 65.7 Å². The number of hydrogen-bond donors (Lipinski definition) is 0. The molecule has 0 saturated carbocycles. The molecule has 0 unspecified atom stereocenters. The minimum atomic E-state index is 0.309. The Morgan fingerprint density at radius 3 is 1.30 bits per heavy atom. The summed E-state index contributed by atoms with van der Waals surface area (Å²) in [5.74, 6) is 1.39. The van der Waals surface area contributed by atoms with Crippen LogP contribution in [0.3, 0.4) is 0 Å². The molecule has 0 spiro atoms. The smallest absolute Gasteiger partial charge is 0.377 e. The van der Waals surface area contributed by atoms with E-state index in [0.29, 0.717) is 88.2 Å². The minimum absolute atomic E-state index is 0.309. The molecule has 8 aromatic rings. The first-order valence-electron chi connectivity index (χ1n) is 28.2. The number of carbonyl (C=O) groups excluding carboxylic acids is 1. The lowest BCUT2D eigenvalue weighted by Gasteiger charge is -2.26. The van der Waals surface area contributed by atoms with Gasteiger partial charge in [0.15, 0.2) is 11.6 Å². The van der Waals surface area contributed by atoms with Crippen molar-refractivity contribution in [2.24, 2.45) is 0 Å². The fourth-order valence-corrected chi connectivity index (χ4v) is 12.2. The molecule has 23 heteroatoms. The van der Waals surface area contributed by atoms with Crippen molar-refractivity contribution in [2.45, 2.75) is 116 Å². The van der Waals surface area contributed by atoms with E-state index in [-0.39, 0.29) is 0 Å². The first-order valence-corrected chi connectivity index (χ1v) is 29.3. The highest BCUT2D eigenvalue weighted by Crippen LogP contribution is 2.28. The normalized spacial score (nSPS) is 16.6. The van der Waals surface area contributed by atoms with Crippen molar-refractivity contribution in [3.05, 3.63) is 140 Å². The van der Waals surface area contributed by atoms with Crippen molar-refractivity contribution in [1.82, 2.24) is 45.1 Å². The quantitative estimate of drug-likeness (QED) is 0.0776. The Morgan fingerprint density at radius 1 is 0.463 bits per heavy atom. The lowest BCUT2D eigenvalue weighted by atomic mass is 10.1. The molecule has 418 valence electrons. The number of halogens is 1. The van der Waals surface area contributed by atoms with Gasteiger partial charge in [-0.05, 0) is 186 Å². The van der Waals surface area contributed by atoms with Gasteiger partial charge in [0.1, 0.15) is 22.8 Å². The lowest BCUT2D eigenvalue weighted by Crippen LogP contribution is -2.46. The topological polar surface area (TPSA) is 267 Å². The molecule has 0 radical (unpaired) electrons. The molecule has 4 aromatic carbocycles. The fourth-order valence-electron chi connectivity index (χ4n) is 11.8. The van der Waals surface area contributed by atoms with E-state index in [1.54, 1.807) is 0 Å². The van der Waals surface area contributed by atoms with Crippen LogP contribution in [0.25, 0.3) is 44.1 Å². The van der Waals surface area contributed by atoms with Crippen LogP contribution in [0, 0.1) is 29.9 Å². The molecule has 0 atom stereocenters. The van der Waals surface area contributed by atoms with Crippen LogP contribution in [0.4, 0.5) is 0 Å². The second-order valence-electron chi connectivity index (χ2n) is 21.3. The van der Waals surface area contributed by atoms with Crippen LogP contribution in [0.5, 0.6) is 0 Å². The highest BCUT2D eigenvalue weighted by Gasteiger charge is 2.26. The molecule has 22 nitrogen and oxygen atoms in total. The highest BCUT2D eigenvalue weighted by molar-refractivity contribution is 14.1. The zero-order valence-electron chi connectivity index (χ0n) is 44.9. The average molecular weight is 1200 g/mol. The fraction of sp³-hybridized carbons (Fsp3) is 0.491. The van der Waals surface area contributed by atoms with Crippen molar-refractivity contribution in [1.29, 1.82) is 0 Å². The number of aromatic nitrogens is 12. The Kier molecular flexibility index (Phi) is 17.5. The molecule has 2 aliphatic heterocycles. The maximum atomic E-state index is 12.6. The summed E-state index contributed by atoms with van der Waals surface area (Å²) in [6, 6.07) is 15.6. The van der Waals surface area contributed by atoms with E-state index in [0.717, 1.165) is 176 Å². The number of ether oxygens (including phenoxy) is 2. The van der Waals surface area contributed by atoms with Gasteiger partial charge in [-0.25, -0.2) is 19.7 Å². The Labute approximate surface area is 475 Å². The molecule has 2 saturated heterocycles. The van der Waals surface area contributed by atoms with Crippen LogP contribution in [0.1, 0.15) is 107 Å². The predicted molar refractivity (Wildman–Crippen MR) is 302 cm³/mol. The molecular weight excluding hydrogens is 1140 g/mol. The van der Waals surface area contributed by atoms with Crippen molar-refractivity contribution in [3.63, 3.8) is 0 Å². The number of rotatable bonds is 11. The van der Waals surface area contributed by atoms with Gasteiger partial charge >= 0.3 is 11.3 Å². The lowest BCUT2D eigenvalue weighted by molar-refractivity contribution is -0.685. The van der Waals surface area contributed by atoms with Gasteiger partial charge in [-0.2, -0.15) is 0 Å². The summed E-state index contributed by atoms with van der Waals surface area (Å²) in [6.07, 6.45) is 17.5. The van der Waals surface area contributed by atoms with E-state index in [4.69, 9.17) is 9.47 Å². The summed E-state index contributed by atoms with van der Waals surface area (Å²) in [6.45, 7) is 8.91. The molecule has 0 amide bonds. The van der Waals surface area contributed by atoms with E-state index in [1.165, 1.54) is 57.3 Å². The van der Waals surface area contributed by atoms with E-state index in [1.807, 2.05) is 65.1 Å². The largest absolute Gasteiger partial charge is 0.710 e. The first kappa shape index (κ1) is 55.1. The van der Waals surface area contributed by atoms with Crippen LogP contribution < -0.4 is 24.1 Å². The van der Waals surface area contributed by atoms with Gasteiger partial charge in [-0.3, -0.25) is 9.80 Å². The molecule has 6 heterocycles. The Balaban J connectivity index is 0.000000114. The summed E-state index contributed by atoms with van der Waals surface area (Å²) in [5.41, 5.74) is 14.9. The van der Waals surface area contributed by atoms with Crippen LogP contribution in [0.15, 0.2) is 48.5 Å². The van der Waals surface area contributed by atoms with Crippen molar-refractivity contribution in [3.8, 4) is 0 Å².